The zero-order chi connectivity index (χ0) is 9.56. The molecule has 70 valence electrons. The highest BCUT2D eigenvalue weighted by molar-refractivity contribution is 6.38. The number of ether oxygens (including phenoxy) is 2. The van der Waals surface area contributed by atoms with Gasteiger partial charge >= 0.3 is 0 Å². The Morgan fingerprint density at radius 1 is 1.25 bits per heavy atom. The van der Waals surface area contributed by atoms with Crippen LogP contribution in [0, 0.1) is 0 Å². The maximum Gasteiger partial charge on any atom is 0.254 e. The molecule has 0 bridgehead atoms. The first-order valence-electron chi connectivity index (χ1n) is 3.80. The predicted molar refractivity (Wildman–Crippen MR) is 42.7 cm³/mol. The molecule has 0 unspecified atom stereocenters. The summed E-state index contributed by atoms with van der Waals surface area (Å²) in [4.78, 5) is 22.1. The van der Waals surface area contributed by atoms with Gasteiger partial charge in [0.1, 0.15) is 0 Å². The maximum absolute atomic E-state index is 11.1. The second-order valence-corrected chi connectivity index (χ2v) is 2.34. The van der Waals surface area contributed by atoms with Crippen molar-refractivity contribution in [2.75, 3.05) is 14.2 Å². The summed E-state index contributed by atoms with van der Waals surface area (Å²) in [5.74, 6) is -1.05. The normalized spacial score (nSPS) is 10.3. The zero-order valence-corrected chi connectivity index (χ0v) is 7.62. The van der Waals surface area contributed by atoms with Crippen LogP contribution < -0.4 is 0 Å². The molecular weight excluding hydrogens is 160 g/mol. The van der Waals surface area contributed by atoms with Crippen LogP contribution in [0.3, 0.4) is 0 Å². The fraction of sp³-hybridized carbons (Fsp3) is 0.750. The maximum atomic E-state index is 11.1. The third kappa shape index (κ3) is 3.11. The van der Waals surface area contributed by atoms with Crippen LogP contribution in [-0.4, -0.2) is 32.1 Å². The fourth-order valence-electron chi connectivity index (χ4n) is 0.792. The van der Waals surface area contributed by atoms with E-state index < -0.39 is 17.9 Å². The highest BCUT2D eigenvalue weighted by Crippen LogP contribution is 1.98. The van der Waals surface area contributed by atoms with E-state index in [0.717, 1.165) is 0 Å². The predicted octanol–water partition coefficient (Wildman–Crippen LogP) is 0.544. The lowest BCUT2D eigenvalue weighted by molar-refractivity contribution is -0.162. The Hall–Kier alpha value is -0.740. The third-order valence-electron chi connectivity index (χ3n) is 1.39. The van der Waals surface area contributed by atoms with E-state index in [0.29, 0.717) is 6.42 Å². The van der Waals surface area contributed by atoms with Crippen molar-refractivity contribution in [3.63, 3.8) is 0 Å². The molecule has 0 aromatic heterocycles. The van der Waals surface area contributed by atoms with Crippen LogP contribution in [0.25, 0.3) is 0 Å². The van der Waals surface area contributed by atoms with E-state index in [1.807, 2.05) is 6.92 Å². The molecule has 0 radical (unpaired) electrons. The number of rotatable bonds is 6. The van der Waals surface area contributed by atoms with Crippen molar-refractivity contribution in [2.45, 2.75) is 26.1 Å². The Morgan fingerprint density at radius 2 is 1.75 bits per heavy atom. The first-order valence-corrected chi connectivity index (χ1v) is 3.80. The number of hydrogen-bond donors (Lipinski definition) is 0. The van der Waals surface area contributed by atoms with Gasteiger partial charge in [-0.05, 0) is 6.42 Å². The van der Waals surface area contributed by atoms with Crippen molar-refractivity contribution in [3.05, 3.63) is 0 Å². The van der Waals surface area contributed by atoms with E-state index in [1.165, 1.54) is 14.2 Å². The molecular formula is C8H14O4. The Bertz CT molecular complexity index is 160. The van der Waals surface area contributed by atoms with Gasteiger partial charge in [0.15, 0.2) is 0 Å². The molecule has 0 amide bonds. The van der Waals surface area contributed by atoms with Gasteiger partial charge in [-0.3, -0.25) is 9.59 Å². The molecule has 12 heavy (non-hydrogen) atoms. The molecule has 0 aromatic carbocycles. The lowest BCUT2D eigenvalue weighted by atomic mass is 10.1. The summed E-state index contributed by atoms with van der Waals surface area (Å²) in [5, 5.41) is 0. The molecule has 0 saturated heterocycles. The Balaban J connectivity index is 4.07. The average molecular weight is 174 g/mol. The minimum Gasteiger partial charge on any atom is -0.349 e. The standard InChI is InChI=1S/C8H14O4/c1-4-5-6(9)7(10)8(11-2)12-3/h8H,4-5H2,1-3H3. The van der Waals surface area contributed by atoms with Gasteiger partial charge in [-0.2, -0.15) is 0 Å². The largest absolute Gasteiger partial charge is 0.349 e. The number of ketones is 2. The lowest BCUT2D eigenvalue weighted by Gasteiger charge is -2.09. The van der Waals surface area contributed by atoms with Crippen LogP contribution in [0.4, 0.5) is 0 Å². The molecule has 0 N–H and O–H groups in total. The first kappa shape index (κ1) is 11.3. The number of Topliss-reactive ketones (excluding diaryl/α,β-unsaturated/α-hetero) is 2. The molecule has 0 aromatic rings. The van der Waals surface area contributed by atoms with Crippen molar-refractivity contribution in [1.82, 2.24) is 0 Å². The molecule has 0 rings (SSSR count). The van der Waals surface area contributed by atoms with Crippen molar-refractivity contribution in [2.24, 2.45) is 0 Å². The number of carbonyl (C=O) groups is 2. The minimum absolute atomic E-state index is 0.252. The van der Waals surface area contributed by atoms with Crippen molar-refractivity contribution in [1.29, 1.82) is 0 Å². The van der Waals surface area contributed by atoms with Gasteiger partial charge in [-0.15, -0.1) is 0 Å². The molecule has 0 aliphatic rings. The number of hydrogen-bond acceptors (Lipinski definition) is 4. The smallest absolute Gasteiger partial charge is 0.254 e. The summed E-state index contributed by atoms with van der Waals surface area (Å²) < 4.78 is 9.27. The molecule has 4 heteroatoms. The van der Waals surface area contributed by atoms with Crippen LogP contribution in [0.15, 0.2) is 0 Å². The monoisotopic (exact) mass is 174 g/mol. The molecule has 0 aliphatic heterocycles. The van der Waals surface area contributed by atoms with E-state index in [-0.39, 0.29) is 6.42 Å². The van der Waals surface area contributed by atoms with Crippen molar-refractivity contribution >= 4 is 11.6 Å². The molecule has 0 fully saturated rings. The van der Waals surface area contributed by atoms with Crippen LogP contribution in [-0.2, 0) is 19.1 Å². The molecule has 0 saturated carbocycles. The van der Waals surface area contributed by atoms with Gasteiger partial charge in [0.2, 0.25) is 12.1 Å². The molecule has 0 atom stereocenters. The molecule has 0 aliphatic carbocycles. The quantitative estimate of drug-likeness (QED) is 0.435. The Labute approximate surface area is 71.8 Å². The summed E-state index contributed by atoms with van der Waals surface area (Å²) >= 11 is 0. The van der Waals surface area contributed by atoms with Crippen LogP contribution in [0.2, 0.25) is 0 Å². The molecule has 4 nitrogen and oxygen atoms in total. The second kappa shape index (κ2) is 5.85. The highest BCUT2D eigenvalue weighted by Gasteiger charge is 2.23. The van der Waals surface area contributed by atoms with Gasteiger partial charge in [-0.1, -0.05) is 6.92 Å². The van der Waals surface area contributed by atoms with Crippen LogP contribution in [0.1, 0.15) is 19.8 Å². The Kier molecular flexibility index (Phi) is 5.49. The lowest BCUT2D eigenvalue weighted by Crippen LogP contribution is -2.31. The average Bonchev–Trinajstić information content (AvgIpc) is 2.07. The summed E-state index contributed by atoms with van der Waals surface area (Å²) in [6.45, 7) is 1.83. The topological polar surface area (TPSA) is 52.6 Å². The van der Waals surface area contributed by atoms with E-state index in [4.69, 9.17) is 0 Å². The van der Waals surface area contributed by atoms with Gasteiger partial charge in [0.25, 0.3) is 5.78 Å². The first-order chi connectivity index (χ1) is 5.67. The van der Waals surface area contributed by atoms with Crippen LogP contribution >= 0.6 is 0 Å². The van der Waals surface area contributed by atoms with Crippen LogP contribution in [0.5, 0.6) is 0 Å². The number of carbonyl (C=O) groups excluding carboxylic acids is 2. The third-order valence-corrected chi connectivity index (χ3v) is 1.39. The van der Waals surface area contributed by atoms with Crippen molar-refractivity contribution in [3.8, 4) is 0 Å². The highest BCUT2D eigenvalue weighted by atomic mass is 16.7. The summed E-state index contributed by atoms with van der Waals surface area (Å²) in [6.07, 6.45) is -0.128. The van der Waals surface area contributed by atoms with E-state index >= 15 is 0 Å². The van der Waals surface area contributed by atoms with E-state index in [9.17, 15) is 9.59 Å². The fourth-order valence-corrected chi connectivity index (χ4v) is 0.792. The van der Waals surface area contributed by atoms with Crippen molar-refractivity contribution < 1.29 is 19.1 Å². The Morgan fingerprint density at radius 3 is 2.08 bits per heavy atom. The second-order valence-electron chi connectivity index (χ2n) is 2.34. The van der Waals surface area contributed by atoms with Gasteiger partial charge < -0.3 is 9.47 Å². The number of methoxy groups -OCH3 is 2. The van der Waals surface area contributed by atoms with E-state index in [1.54, 1.807) is 0 Å². The zero-order valence-electron chi connectivity index (χ0n) is 7.62. The minimum atomic E-state index is -1.04. The summed E-state index contributed by atoms with van der Waals surface area (Å²) in [5.41, 5.74) is 0. The molecule has 0 heterocycles. The van der Waals surface area contributed by atoms with Gasteiger partial charge in [0.05, 0.1) is 0 Å². The SMILES string of the molecule is CCCC(=O)C(=O)C(OC)OC. The van der Waals surface area contributed by atoms with E-state index in [2.05, 4.69) is 9.47 Å². The molecule has 0 spiro atoms. The van der Waals surface area contributed by atoms with Gasteiger partial charge in [0, 0.05) is 20.6 Å². The van der Waals surface area contributed by atoms with Gasteiger partial charge in [-0.25, -0.2) is 0 Å². The summed E-state index contributed by atoms with van der Waals surface area (Å²) in [7, 11) is 2.65. The summed E-state index contributed by atoms with van der Waals surface area (Å²) in [6, 6.07) is 0.